The first-order chi connectivity index (χ1) is 10.7. The third kappa shape index (κ3) is 2.50. The predicted molar refractivity (Wildman–Crippen MR) is 83.8 cm³/mol. The molecule has 5 nitrogen and oxygen atoms in total. The van der Waals surface area contributed by atoms with Crippen LogP contribution in [0.15, 0.2) is 22.7 Å². The lowest BCUT2D eigenvalue weighted by molar-refractivity contribution is 0.0904. The molecule has 2 fully saturated rings. The Balaban J connectivity index is 1.50. The molecule has 116 valence electrons. The fourth-order valence-electron chi connectivity index (χ4n) is 3.72. The molecule has 1 N–H and O–H groups in total. The number of nitrogens with one attached hydrogen (secondary N) is 1. The van der Waals surface area contributed by atoms with Gasteiger partial charge in [0.05, 0.1) is 6.20 Å². The van der Waals surface area contributed by atoms with Crippen LogP contribution in [0.4, 0.5) is 0 Å². The number of fused-ring (bicyclic) bond motifs is 3. The smallest absolute Gasteiger partial charge is 0.270 e. The van der Waals surface area contributed by atoms with Gasteiger partial charge in [-0.1, -0.05) is 6.92 Å². The molecule has 2 aliphatic rings. The van der Waals surface area contributed by atoms with Crippen molar-refractivity contribution in [2.75, 3.05) is 19.6 Å². The average molecular weight is 299 g/mol. The van der Waals surface area contributed by atoms with Gasteiger partial charge in [0.1, 0.15) is 11.5 Å². The third-order valence-corrected chi connectivity index (χ3v) is 4.84. The van der Waals surface area contributed by atoms with Crippen molar-refractivity contribution >= 4 is 16.9 Å². The molecule has 2 aromatic rings. The molecule has 0 saturated carbocycles. The van der Waals surface area contributed by atoms with Gasteiger partial charge < -0.3 is 14.6 Å². The molecule has 3 atom stereocenters. The van der Waals surface area contributed by atoms with Gasteiger partial charge in [0, 0.05) is 30.9 Å². The van der Waals surface area contributed by atoms with Crippen LogP contribution in [0.5, 0.6) is 0 Å². The minimum absolute atomic E-state index is 0.0753. The molecule has 2 bridgehead atoms. The third-order valence-electron chi connectivity index (χ3n) is 4.84. The summed E-state index contributed by atoms with van der Waals surface area (Å²) in [6.07, 6.45) is 4.86. The van der Waals surface area contributed by atoms with Gasteiger partial charge in [-0.2, -0.15) is 0 Å². The summed E-state index contributed by atoms with van der Waals surface area (Å²) in [5, 5.41) is 4.10. The van der Waals surface area contributed by atoms with E-state index in [2.05, 4.69) is 15.2 Å². The Hall–Kier alpha value is -1.88. The van der Waals surface area contributed by atoms with Gasteiger partial charge in [-0.3, -0.25) is 4.79 Å². The van der Waals surface area contributed by atoms with Crippen molar-refractivity contribution in [1.29, 1.82) is 0 Å². The summed E-state index contributed by atoms with van der Waals surface area (Å²) in [6.45, 7) is 5.39. The van der Waals surface area contributed by atoms with Crippen molar-refractivity contribution in [3.63, 3.8) is 0 Å². The minimum atomic E-state index is -0.0753. The van der Waals surface area contributed by atoms with Crippen LogP contribution in [0.2, 0.25) is 0 Å². The fraction of sp³-hybridized carbons (Fsp3) is 0.529. The van der Waals surface area contributed by atoms with Crippen molar-refractivity contribution in [3.8, 4) is 0 Å². The first kappa shape index (κ1) is 13.8. The predicted octanol–water partition coefficient (Wildman–Crippen LogP) is 2.21. The van der Waals surface area contributed by atoms with E-state index in [4.69, 9.17) is 4.42 Å². The Labute approximate surface area is 129 Å². The maximum absolute atomic E-state index is 12.4. The van der Waals surface area contributed by atoms with E-state index in [0.717, 1.165) is 42.0 Å². The SMILES string of the molecule is CCc1cc2cc(C(=O)NC3CC4CCN(C4)C3)ncc2o1. The van der Waals surface area contributed by atoms with E-state index in [1.165, 1.54) is 19.5 Å². The number of nitrogens with zero attached hydrogens (tertiary/aromatic N) is 2. The summed E-state index contributed by atoms with van der Waals surface area (Å²) in [6, 6.07) is 4.06. The second kappa shape index (κ2) is 5.39. The molecule has 5 heteroatoms. The number of hydrogen-bond donors (Lipinski definition) is 1. The van der Waals surface area contributed by atoms with Crippen molar-refractivity contribution in [2.24, 2.45) is 5.92 Å². The standard InChI is InChI=1S/C17H21N3O2/c1-2-14-6-12-7-15(18-8-16(12)22-14)17(21)19-13-5-11-3-4-20(9-11)10-13/h6-8,11,13H,2-5,9-10H2,1H3,(H,19,21). The number of rotatable bonds is 3. The average Bonchev–Trinajstić information content (AvgIpc) is 3.09. The summed E-state index contributed by atoms with van der Waals surface area (Å²) in [5.41, 5.74) is 1.22. The number of aromatic nitrogens is 1. The van der Waals surface area contributed by atoms with Crippen LogP contribution in [0.25, 0.3) is 11.0 Å². The summed E-state index contributed by atoms with van der Waals surface area (Å²) < 4.78 is 5.64. The Bertz CT molecular complexity index is 697. The van der Waals surface area contributed by atoms with Gasteiger partial charge >= 0.3 is 0 Å². The number of carbonyl (C=O) groups excluding carboxylic acids is 1. The Morgan fingerprint density at radius 3 is 3.18 bits per heavy atom. The lowest BCUT2D eigenvalue weighted by atomic mass is 9.97. The van der Waals surface area contributed by atoms with Gasteiger partial charge in [0.2, 0.25) is 0 Å². The highest BCUT2D eigenvalue weighted by molar-refractivity contribution is 5.95. The zero-order chi connectivity index (χ0) is 15.1. The molecule has 4 rings (SSSR count). The van der Waals surface area contributed by atoms with Crippen molar-refractivity contribution in [2.45, 2.75) is 32.2 Å². The first-order valence-electron chi connectivity index (χ1n) is 8.13. The first-order valence-corrected chi connectivity index (χ1v) is 8.13. The van der Waals surface area contributed by atoms with E-state index < -0.39 is 0 Å². The van der Waals surface area contributed by atoms with E-state index >= 15 is 0 Å². The molecule has 3 unspecified atom stereocenters. The lowest BCUT2D eigenvalue weighted by Crippen LogP contribution is -2.47. The highest BCUT2D eigenvalue weighted by Crippen LogP contribution is 2.27. The zero-order valence-corrected chi connectivity index (χ0v) is 12.8. The van der Waals surface area contributed by atoms with Crippen LogP contribution < -0.4 is 5.32 Å². The highest BCUT2D eigenvalue weighted by atomic mass is 16.3. The van der Waals surface area contributed by atoms with Gasteiger partial charge in [-0.25, -0.2) is 4.98 Å². The zero-order valence-electron chi connectivity index (χ0n) is 12.8. The van der Waals surface area contributed by atoms with Gasteiger partial charge in [-0.15, -0.1) is 0 Å². The number of pyridine rings is 1. The van der Waals surface area contributed by atoms with Crippen LogP contribution in [-0.4, -0.2) is 41.5 Å². The van der Waals surface area contributed by atoms with Crippen molar-refractivity contribution < 1.29 is 9.21 Å². The van der Waals surface area contributed by atoms with Crippen LogP contribution in [0.1, 0.15) is 36.0 Å². The molecule has 22 heavy (non-hydrogen) atoms. The van der Waals surface area contributed by atoms with Crippen molar-refractivity contribution in [1.82, 2.24) is 15.2 Å². The van der Waals surface area contributed by atoms with E-state index in [1.807, 2.05) is 19.1 Å². The molecule has 4 heterocycles. The molecule has 2 aliphatic heterocycles. The van der Waals surface area contributed by atoms with Crippen LogP contribution in [0.3, 0.4) is 0 Å². The Morgan fingerprint density at radius 1 is 1.45 bits per heavy atom. The van der Waals surface area contributed by atoms with E-state index in [1.54, 1.807) is 6.20 Å². The molecule has 0 spiro atoms. The second-order valence-electron chi connectivity index (χ2n) is 6.49. The number of hydrogen-bond acceptors (Lipinski definition) is 4. The summed E-state index contributed by atoms with van der Waals surface area (Å²) in [5.74, 6) is 1.59. The molecular weight excluding hydrogens is 278 g/mol. The lowest BCUT2D eigenvalue weighted by Gasteiger charge is -2.30. The maximum atomic E-state index is 12.4. The van der Waals surface area contributed by atoms with E-state index in [-0.39, 0.29) is 11.9 Å². The highest BCUT2D eigenvalue weighted by Gasteiger charge is 2.33. The summed E-state index contributed by atoms with van der Waals surface area (Å²) in [4.78, 5) is 19.1. The number of amides is 1. The number of furan rings is 1. The van der Waals surface area contributed by atoms with Crippen LogP contribution >= 0.6 is 0 Å². The molecule has 1 amide bonds. The van der Waals surface area contributed by atoms with Gasteiger partial charge in [-0.05, 0) is 37.4 Å². The summed E-state index contributed by atoms with van der Waals surface area (Å²) in [7, 11) is 0. The normalized spacial score (nSPS) is 27.2. The van der Waals surface area contributed by atoms with Gasteiger partial charge in [0.25, 0.3) is 5.91 Å². The number of piperidine rings is 1. The topological polar surface area (TPSA) is 58.4 Å². The van der Waals surface area contributed by atoms with E-state index in [0.29, 0.717) is 5.69 Å². The molecule has 0 radical (unpaired) electrons. The monoisotopic (exact) mass is 299 g/mol. The van der Waals surface area contributed by atoms with Crippen molar-refractivity contribution in [3.05, 3.63) is 29.8 Å². The molecule has 0 aromatic carbocycles. The quantitative estimate of drug-likeness (QED) is 0.944. The van der Waals surface area contributed by atoms with Crippen LogP contribution in [-0.2, 0) is 6.42 Å². The van der Waals surface area contributed by atoms with Crippen LogP contribution in [0, 0.1) is 5.92 Å². The maximum Gasteiger partial charge on any atom is 0.270 e. The van der Waals surface area contributed by atoms with E-state index in [9.17, 15) is 4.79 Å². The van der Waals surface area contributed by atoms with Gasteiger partial charge in [0.15, 0.2) is 5.58 Å². The summed E-state index contributed by atoms with van der Waals surface area (Å²) >= 11 is 0. The molecular formula is C17H21N3O2. The Morgan fingerprint density at radius 2 is 2.36 bits per heavy atom. The second-order valence-corrected chi connectivity index (χ2v) is 6.49. The largest absolute Gasteiger partial charge is 0.459 e. The number of aryl methyl sites for hydroxylation is 1. The fourth-order valence-corrected chi connectivity index (χ4v) is 3.72. The number of carbonyl (C=O) groups is 1. The molecule has 2 saturated heterocycles. The molecule has 0 aliphatic carbocycles. The molecule has 2 aromatic heterocycles. The minimum Gasteiger partial charge on any atom is -0.459 e. The Kier molecular flexibility index (Phi) is 3.37.